The molecule has 3 atom stereocenters. The van der Waals surface area contributed by atoms with Crippen LogP contribution in [0.2, 0.25) is 0 Å². The molecule has 0 amide bonds. The molecule has 1 aliphatic carbocycles. The van der Waals surface area contributed by atoms with Crippen LogP contribution in [0.1, 0.15) is 59.3 Å². The smallest absolute Gasteiger partial charge is 0.138 e. The van der Waals surface area contributed by atoms with Crippen molar-refractivity contribution in [1.82, 2.24) is 0 Å². The quantitative estimate of drug-likeness (QED) is 0.781. The van der Waals surface area contributed by atoms with E-state index in [9.17, 15) is 9.90 Å². The topological polar surface area (TPSA) is 37.3 Å². The highest BCUT2D eigenvalue weighted by Crippen LogP contribution is 2.33. The summed E-state index contributed by atoms with van der Waals surface area (Å²) < 4.78 is 0. The predicted molar refractivity (Wildman–Crippen MR) is 66.2 cm³/mol. The largest absolute Gasteiger partial charge is 0.392 e. The van der Waals surface area contributed by atoms with E-state index >= 15 is 0 Å². The Labute approximate surface area is 99.4 Å². The van der Waals surface area contributed by atoms with E-state index < -0.39 is 6.10 Å². The molecule has 2 heteroatoms. The fraction of sp³-hybridized carbons (Fsp3) is 0.929. The van der Waals surface area contributed by atoms with Gasteiger partial charge < -0.3 is 5.11 Å². The zero-order valence-corrected chi connectivity index (χ0v) is 10.9. The van der Waals surface area contributed by atoms with Crippen LogP contribution in [0, 0.1) is 17.8 Å². The van der Waals surface area contributed by atoms with E-state index in [2.05, 4.69) is 6.92 Å². The number of carbonyl (C=O) groups excluding carboxylic acids is 1. The second kappa shape index (κ2) is 6.39. The van der Waals surface area contributed by atoms with Crippen LogP contribution in [0.3, 0.4) is 0 Å². The van der Waals surface area contributed by atoms with Crippen LogP contribution >= 0.6 is 0 Å². The summed E-state index contributed by atoms with van der Waals surface area (Å²) in [6.45, 7) is 5.85. The van der Waals surface area contributed by atoms with Gasteiger partial charge in [-0.2, -0.15) is 0 Å². The van der Waals surface area contributed by atoms with Crippen LogP contribution in [0.4, 0.5) is 0 Å². The van der Waals surface area contributed by atoms with Gasteiger partial charge >= 0.3 is 0 Å². The lowest BCUT2D eigenvalue weighted by atomic mass is 9.75. The second-order valence-electron chi connectivity index (χ2n) is 5.36. The Kier molecular flexibility index (Phi) is 5.47. The van der Waals surface area contributed by atoms with Crippen LogP contribution in [-0.4, -0.2) is 17.0 Å². The van der Waals surface area contributed by atoms with Crippen molar-refractivity contribution in [2.45, 2.75) is 65.4 Å². The molecule has 0 saturated heterocycles. The Hall–Kier alpha value is -0.370. The summed E-state index contributed by atoms with van der Waals surface area (Å²) in [7, 11) is 0. The number of ketones is 1. The maximum Gasteiger partial charge on any atom is 0.138 e. The first-order valence-corrected chi connectivity index (χ1v) is 6.78. The normalized spacial score (nSPS) is 23.8. The fourth-order valence-electron chi connectivity index (χ4n) is 2.91. The van der Waals surface area contributed by atoms with E-state index in [1.165, 1.54) is 32.1 Å². The molecular weight excluding hydrogens is 200 g/mol. The van der Waals surface area contributed by atoms with Crippen LogP contribution in [-0.2, 0) is 4.79 Å². The fourth-order valence-corrected chi connectivity index (χ4v) is 2.91. The summed E-state index contributed by atoms with van der Waals surface area (Å²) in [4.78, 5) is 11.6. The molecule has 2 nitrogen and oxygen atoms in total. The number of aliphatic hydroxyl groups excluding tert-OH is 1. The van der Waals surface area contributed by atoms with E-state index in [1.807, 2.05) is 13.8 Å². The van der Waals surface area contributed by atoms with Gasteiger partial charge in [-0.1, -0.05) is 52.9 Å². The van der Waals surface area contributed by atoms with Crippen LogP contribution in [0.25, 0.3) is 0 Å². The van der Waals surface area contributed by atoms with Gasteiger partial charge in [0.25, 0.3) is 0 Å². The van der Waals surface area contributed by atoms with Gasteiger partial charge in [-0.15, -0.1) is 0 Å². The van der Waals surface area contributed by atoms with Gasteiger partial charge in [0.15, 0.2) is 0 Å². The Bertz CT molecular complexity index is 219. The van der Waals surface area contributed by atoms with Crippen molar-refractivity contribution >= 4 is 5.78 Å². The average Bonchev–Trinajstić information content (AvgIpc) is 2.36. The molecule has 0 radical (unpaired) electrons. The third-order valence-electron chi connectivity index (χ3n) is 4.30. The number of hydrogen-bond donors (Lipinski definition) is 1. The Morgan fingerprint density at radius 2 is 1.81 bits per heavy atom. The highest BCUT2D eigenvalue weighted by molar-refractivity contribution is 5.80. The van der Waals surface area contributed by atoms with E-state index in [1.54, 1.807) is 0 Å². The van der Waals surface area contributed by atoms with Crippen LogP contribution < -0.4 is 0 Å². The van der Waals surface area contributed by atoms with Gasteiger partial charge in [0.2, 0.25) is 0 Å². The second-order valence-corrected chi connectivity index (χ2v) is 5.36. The van der Waals surface area contributed by atoms with Gasteiger partial charge in [-0.05, 0) is 11.8 Å². The lowest BCUT2D eigenvalue weighted by Gasteiger charge is -2.33. The third-order valence-corrected chi connectivity index (χ3v) is 4.30. The van der Waals surface area contributed by atoms with Gasteiger partial charge in [0.05, 0.1) is 6.10 Å². The maximum absolute atomic E-state index is 11.6. The third kappa shape index (κ3) is 3.31. The molecule has 0 bridgehead atoms. The molecule has 0 aromatic heterocycles. The molecule has 0 heterocycles. The molecule has 0 aromatic carbocycles. The number of carbonyl (C=O) groups is 1. The molecule has 1 aliphatic rings. The van der Waals surface area contributed by atoms with E-state index in [-0.39, 0.29) is 17.6 Å². The van der Waals surface area contributed by atoms with Crippen molar-refractivity contribution in [3.8, 4) is 0 Å². The molecule has 16 heavy (non-hydrogen) atoms. The minimum Gasteiger partial charge on any atom is -0.392 e. The SMILES string of the molecule is CCC(=O)C(C)C(O)C(C)C1CCCCC1. The Morgan fingerprint density at radius 3 is 2.31 bits per heavy atom. The molecule has 1 fully saturated rings. The van der Waals surface area contributed by atoms with Crippen molar-refractivity contribution in [1.29, 1.82) is 0 Å². The Morgan fingerprint density at radius 1 is 1.25 bits per heavy atom. The first-order chi connectivity index (χ1) is 7.57. The number of aliphatic hydroxyl groups is 1. The lowest BCUT2D eigenvalue weighted by molar-refractivity contribution is -0.127. The van der Waals surface area contributed by atoms with E-state index in [0.717, 1.165) is 0 Å². The highest BCUT2D eigenvalue weighted by atomic mass is 16.3. The summed E-state index contributed by atoms with van der Waals surface area (Å²) in [5.74, 6) is 0.888. The summed E-state index contributed by atoms with van der Waals surface area (Å²) >= 11 is 0. The zero-order valence-electron chi connectivity index (χ0n) is 10.9. The molecule has 3 unspecified atom stereocenters. The number of rotatable bonds is 5. The van der Waals surface area contributed by atoms with E-state index in [0.29, 0.717) is 12.3 Å². The summed E-state index contributed by atoms with van der Waals surface area (Å²) in [6.07, 6.45) is 6.46. The molecule has 94 valence electrons. The molecular formula is C14H26O2. The van der Waals surface area contributed by atoms with Crippen molar-refractivity contribution in [3.63, 3.8) is 0 Å². The first kappa shape index (κ1) is 13.7. The van der Waals surface area contributed by atoms with Crippen molar-refractivity contribution < 1.29 is 9.90 Å². The minimum absolute atomic E-state index is 0.190. The average molecular weight is 226 g/mol. The standard InChI is InChI=1S/C14H26O2/c1-4-13(15)11(3)14(16)10(2)12-8-6-5-7-9-12/h10-12,14,16H,4-9H2,1-3H3. The molecule has 1 rings (SSSR count). The summed E-state index contributed by atoms with van der Waals surface area (Å²) in [6, 6.07) is 0. The summed E-state index contributed by atoms with van der Waals surface area (Å²) in [5, 5.41) is 10.2. The van der Waals surface area contributed by atoms with Crippen LogP contribution in [0.15, 0.2) is 0 Å². The lowest BCUT2D eigenvalue weighted by Crippen LogP contribution is -2.35. The molecule has 1 saturated carbocycles. The molecule has 1 N–H and O–H groups in total. The number of hydrogen-bond acceptors (Lipinski definition) is 2. The van der Waals surface area contributed by atoms with Gasteiger partial charge in [0.1, 0.15) is 5.78 Å². The minimum atomic E-state index is -0.449. The van der Waals surface area contributed by atoms with Gasteiger partial charge in [-0.25, -0.2) is 0 Å². The molecule has 0 aliphatic heterocycles. The van der Waals surface area contributed by atoms with Gasteiger partial charge in [0, 0.05) is 12.3 Å². The van der Waals surface area contributed by atoms with Crippen molar-refractivity contribution in [3.05, 3.63) is 0 Å². The molecule has 0 aromatic rings. The predicted octanol–water partition coefficient (Wildman–Crippen LogP) is 3.18. The van der Waals surface area contributed by atoms with Crippen molar-refractivity contribution in [2.75, 3.05) is 0 Å². The molecule has 0 spiro atoms. The maximum atomic E-state index is 11.6. The highest BCUT2D eigenvalue weighted by Gasteiger charge is 2.31. The van der Waals surface area contributed by atoms with Crippen molar-refractivity contribution in [2.24, 2.45) is 17.8 Å². The number of Topliss-reactive ketones (excluding diaryl/α,β-unsaturated/α-hetero) is 1. The zero-order chi connectivity index (χ0) is 12.1. The first-order valence-electron chi connectivity index (χ1n) is 6.78. The van der Waals surface area contributed by atoms with Gasteiger partial charge in [-0.3, -0.25) is 4.79 Å². The summed E-state index contributed by atoms with van der Waals surface area (Å²) in [5.41, 5.74) is 0. The Balaban J connectivity index is 2.51. The monoisotopic (exact) mass is 226 g/mol. The van der Waals surface area contributed by atoms with Crippen LogP contribution in [0.5, 0.6) is 0 Å². The van der Waals surface area contributed by atoms with E-state index in [4.69, 9.17) is 0 Å².